The zero-order valence-electron chi connectivity index (χ0n) is 12.1. The first-order valence-corrected chi connectivity index (χ1v) is 7.54. The van der Waals surface area contributed by atoms with Crippen molar-refractivity contribution in [1.29, 1.82) is 0 Å². The van der Waals surface area contributed by atoms with E-state index in [0.29, 0.717) is 23.4 Å². The van der Waals surface area contributed by atoms with Gasteiger partial charge in [0.15, 0.2) is 11.3 Å². The summed E-state index contributed by atoms with van der Waals surface area (Å²) in [6.45, 7) is 0. The summed E-state index contributed by atoms with van der Waals surface area (Å²) in [7, 11) is 2.20. The van der Waals surface area contributed by atoms with Crippen molar-refractivity contribution in [2.24, 2.45) is 0 Å². The molecule has 2 aromatic heterocycles. The predicted molar refractivity (Wildman–Crippen MR) is 78.0 cm³/mol. The lowest BCUT2D eigenvalue weighted by Crippen LogP contribution is -2.48. The van der Waals surface area contributed by atoms with Crippen molar-refractivity contribution in [2.75, 3.05) is 7.05 Å². The molecule has 4 rings (SSSR count). The Morgan fingerprint density at radius 1 is 1.33 bits per heavy atom. The molecule has 0 spiro atoms. The van der Waals surface area contributed by atoms with Crippen LogP contribution in [0.2, 0.25) is 0 Å². The van der Waals surface area contributed by atoms with Crippen LogP contribution in [0.15, 0.2) is 24.5 Å². The highest BCUT2D eigenvalue weighted by molar-refractivity contribution is 5.93. The Bertz CT molecular complexity index is 635. The van der Waals surface area contributed by atoms with Crippen molar-refractivity contribution >= 4 is 11.6 Å². The van der Waals surface area contributed by atoms with E-state index in [1.54, 1.807) is 29.0 Å². The van der Waals surface area contributed by atoms with Gasteiger partial charge in [-0.05, 0) is 38.8 Å². The SMILES string of the molecule is CN1C2CCC1CC(NC(=O)c1cc3ncccn3n1)C2. The fourth-order valence-corrected chi connectivity index (χ4v) is 3.73. The quantitative estimate of drug-likeness (QED) is 0.897. The largest absolute Gasteiger partial charge is 0.348 e. The van der Waals surface area contributed by atoms with E-state index in [4.69, 9.17) is 0 Å². The van der Waals surface area contributed by atoms with Gasteiger partial charge in [0.1, 0.15) is 0 Å². The molecule has 2 atom stereocenters. The van der Waals surface area contributed by atoms with Crippen molar-refractivity contribution in [3.63, 3.8) is 0 Å². The van der Waals surface area contributed by atoms with Gasteiger partial charge in [0, 0.05) is 36.6 Å². The molecule has 2 saturated heterocycles. The lowest BCUT2D eigenvalue weighted by Gasteiger charge is -2.36. The molecule has 0 aromatic carbocycles. The van der Waals surface area contributed by atoms with Crippen LogP contribution in [-0.2, 0) is 0 Å². The summed E-state index contributed by atoms with van der Waals surface area (Å²) < 4.78 is 1.63. The Hall–Kier alpha value is -1.95. The molecule has 21 heavy (non-hydrogen) atoms. The van der Waals surface area contributed by atoms with Crippen molar-refractivity contribution in [3.8, 4) is 0 Å². The number of hydrogen-bond donors (Lipinski definition) is 1. The van der Waals surface area contributed by atoms with Gasteiger partial charge < -0.3 is 10.2 Å². The van der Waals surface area contributed by atoms with Gasteiger partial charge in [-0.3, -0.25) is 4.79 Å². The molecule has 2 aliphatic heterocycles. The average molecular weight is 285 g/mol. The number of fused-ring (bicyclic) bond motifs is 3. The van der Waals surface area contributed by atoms with Crippen LogP contribution < -0.4 is 5.32 Å². The highest BCUT2D eigenvalue weighted by Gasteiger charge is 2.38. The molecule has 0 radical (unpaired) electrons. The Morgan fingerprint density at radius 3 is 2.81 bits per heavy atom. The number of carbonyl (C=O) groups is 1. The highest BCUT2D eigenvalue weighted by atomic mass is 16.2. The summed E-state index contributed by atoms with van der Waals surface area (Å²) in [5.74, 6) is -0.0885. The van der Waals surface area contributed by atoms with Crippen LogP contribution in [0.4, 0.5) is 0 Å². The minimum absolute atomic E-state index is 0.0885. The zero-order chi connectivity index (χ0) is 14.4. The van der Waals surface area contributed by atoms with Crippen LogP contribution in [0.25, 0.3) is 5.65 Å². The maximum absolute atomic E-state index is 12.4. The summed E-state index contributed by atoms with van der Waals surface area (Å²) in [5.41, 5.74) is 1.14. The predicted octanol–water partition coefficient (Wildman–Crippen LogP) is 1.08. The topological polar surface area (TPSA) is 62.5 Å². The third-order valence-corrected chi connectivity index (χ3v) is 4.90. The van der Waals surface area contributed by atoms with Gasteiger partial charge in [-0.15, -0.1) is 0 Å². The van der Waals surface area contributed by atoms with Crippen LogP contribution >= 0.6 is 0 Å². The van der Waals surface area contributed by atoms with Crippen molar-refractivity contribution < 1.29 is 4.79 Å². The number of aromatic nitrogens is 3. The van der Waals surface area contributed by atoms with Crippen LogP contribution in [0.3, 0.4) is 0 Å². The number of carbonyl (C=O) groups excluding carboxylic acids is 1. The molecule has 0 saturated carbocycles. The molecule has 2 aliphatic rings. The molecule has 2 fully saturated rings. The Labute approximate surface area is 123 Å². The Kier molecular flexibility index (Phi) is 2.92. The van der Waals surface area contributed by atoms with E-state index in [9.17, 15) is 4.79 Å². The van der Waals surface area contributed by atoms with E-state index in [1.165, 1.54) is 12.8 Å². The smallest absolute Gasteiger partial charge is 0.272 e. The summed E-state index contributed by atoms with van der Waals surface area (Å²) in [5, 5.41) is 7.43. The molecule has 2 unspecified atom stereocenters. The van der Waals surface area contributed by atoms with Gasteiger partial charge in [-0.1, -0.05) is 0 Å². The van der Waals surface area contributed by atoms with E-state index in [0.717, 1.165) is 12.8 Å². The van der Waals surface area contributed by atoms with Crippen LogP contribution in [0.1, 0.15) is 36.2 Å². The lowest BCUT2D eigenvalue weighted by atomic mass is 9.98. The van der Waals surface area contributed by atoms with Crippen molar-refractivity contribution in [1.82, 2.24) is 24.8 Å². The van der Waals surface area contributed by atoms with Gasteiger partial charge in [0.05, 0.1) is 0 Å². The minimum Gasteiger partial charge on any atom is -0.348 e. The molecule has 2 bridgehead atoms. The monoisotopic (exact) mass is 285 g/mol. The number of rotatable bonds is 2. The van der Waals surface area contributed by atoms with Gasteiger partial charge in [0.25, 0.3) is 5.91 Å². The summed E-state index contributed by atoms with van der Waals surface area (Å²) >= 11 is 0. The Balaban J connectivity index is 1.48. The molecule has 2 aromatic rings. The number of hydrogen-bond acceptors (Lipinski definition) is 4. The average Bonchev–Trinajstić information content (AvgIpc) is 2.98. The second-order valence-corrected chi connectivity index (χ2v) is 6.14. The van der Waals surface area contributed by atoms with Gasteiger partial charge in [0.2, 0.25) is 0 Å². The molecular weight excluding hydrogens is 266 g/mol. The fraction of sp³-hybridized carbons (Fsp3) is 0.533. The molecule has 6 nitrogen and oxygen atoms in total. The van der Waals surface area contributed by atoms with Gasteiger partial charge in [-0.2, -0.15) is 5.10 Å². The fourth-order valence-electron chi connectivity index (χ4n) is 3.73. The van der Waals surface area contributed by atoms with Crippen molar-refractivity contribution in [3.05, 3.63) is 30.2 Å². The van der Waals surface area contributed by atoms with E-state index in [1.807, 2.05) is 0 Å². The first-order chi connectivity index (χ1) is 10.2. The molecule has 1 amide bonds. The van der Waals surface area contributed by atoms with Gasteiger partial charge in [-0.25, -0.2) is 9.50 Å². The van der Waals surface area contributed by atoms with Crippen molar-refractivity contribution in [2.45, 2.75) is 43.8 Å². The highest BCUT2D eigenvalue weighted by Crippen LogP contribution is 2.34. The van der Waals surface area contributed by atoms with Crippen LogP contribution in [0, 0.1) is 0 Å². The van der Waals surface area contributed by atoms with E-state index >= 15 is 0 Å². The molecular formula is C15H19N5O. The Morgan fingerprint density at radius 2 is 2.10 bits per heavy atom. The second kappa shape index (κ2) is 4.80. The molecule has 0 aliphatic carbocycles. The number of nitrogens with one attached hydrogen (secondary N) is 1. The number of amides is 1. The molecule has 1 N–H and O–H groups in total. The zero-order valence-corrected chi connectivity index (χ0v) is 12.1. The summed E-state index contributed by atoms with van der Waals surface area (Å²) in [4.78, 5) is 19.0. The summed E-state index contributed by atoms with van der Waals surface area (Å²) in [6.07, 6.45) is 8.11. The van der Waals surface area contributed by atoms with E-state index in [-0.39, 0.29) is 11.9 Å². The third kappa shape index (κ3) is 2.19. The number of piperidine rings is 1. The maximum Gasteiger partial charge on any atom is 0.272 e. The summed E-state index contributed by atoms with van der Waals surface area (Å²) in [6, 6.07) is 5.05. The van der Waals surface area contributed by atoms with E-state index < -0.39 is 0 Å². The third-order valence-electron chi connectivity index (χ3n) is 4.90. The maximum atomic E-state index is 12.4. The van der Waals surface area contributed by atoms with Gasteiger partial charge >= 0.3 is 0 Å². The minimum atomic E-state index is -0.0885. The molecule has 6 heteroatoms. The lowest BCUT2D eigenvalue weighted by molar-refractivity contribution is 0.0877. The van der Waals surface area contributed by atoms with Crippen LogP contribution in [0.5, 0.6) is 0 Å². The number of nitrogens with zero attached hydrogens (tertiary/aromatic N) is 4. The second-order valence-electron chi connectivity index (χ2n) is 6.14. The standard InChI is InChI=1S/C15H19N5O/c1-19-11-3-4-12(19)8-10(7-11)17-15(21)13-9-14-16-5-2-6-20(14)18-13/h2,5-6,9-12H,3-4,7-8H2,1H3,(H,17,21). The molecule has 4 heterocycles. The van der Waals surface area contributed by atoms with E-state index in [2.05, 4.69) is 27.3 Å². The normalized spacial score (nSPS) is 28.9. The molecule has 110 valence electrons. The first kappa shape index (κ1) is 12.8. The first-order valence-electron chi connectivity index (χ1n) is 7.54. The van der Waals surface area contributed by atoms with Crippen LogP contribution in [-0.4, -0.2) is 50.6 Å².